The maximum Gasteiger partial charge on any atom is 0.196 e. The Hall–Kier alpha value is -2.40. The number of rotatable bonds is 3. The number of benzene rings is 1. The van der Waals surface area contributed by atoms with Crippen molar-refractivity contribution in [3.8, 4) is 11.5 Å². The van der Waals surface area contributed by atoms with Crippen LogP contribution >= 0.6 is 0 Å². The van der Waals surface area contributed by atoms with E-state index in [0.29, 0.717) is 29.7 Å². The van der Waals surface area contributed by atoms with E-state index in [4.69, 9.17) is 9.47 Å². The minimum Gasteiger partial charge on any atom is -0.508 e. The van der Waals surface area contributed by atoms with Crippen molar-refractivity contribution in [3.63, 3.8) is 0 Å². The number of hydrogen-bond donors (Lipinski definition) is 1. The molecule has 0 aromatic heterocycles. The number of phenols is 1. The molecule has 5 rings (SSSR count). The lowest BCUT2D eigenvalue weighted by Crippen LogP contribution is -2.75. The number of fused-ring (bicyclic) bond motifs is 3. The minimum absolute atomic E-state index is 0.00916. The molecule has 1 heterocycles. The SMILES string of the molecule is COC1(CC=C(C)C)C(=O)C2C=C3C(=O)c4cc(O)ccc4OC31C(C)C2. The Bertz CT molecular complexity index is 907. The lowest BCUT2D eigenvalue weighted by molar-refractivity contribution is -0.196. The van der Waals surface area contributed by atoms with Crippen molar-refractivity contribution in [2.45, 2.75) is 44.8 Å². The average molecular weight is 368 g/mol. The third kappa shape index (κ3) is 2.15. The molecule has 2 bridgehead atoms. The molecule has 1 aromatic rings. The van der Waals surface area contributed by atoms with E-state index in [1.807, 2.05) is 26.8 Å². The van der Waals surface area contributed by atoms with Gasteiger partial charge in [-0.05, 0) is 38.5 Å². The summed E-state index contributed by atoms with van der Waals surface area (Å²) in [6, 6.07) is 4.50. The molecule has 5 heteroatoms. The number of allylic oxidation sites excluding steroid dienone is 2. The third-order valence-corrected chi connectivity index (χ3v) is 6.27. The molecule has 0 amide bonds. The fourth-order valence-corrected chi connectivity index (χ4v) is 5.01. The molecule has 1 aliphatic heterocycles. The zero-order valence-corrected chi connectivity index (χ0v) is 16.0. The largest absolute Gasteiger partial charge is 0.508 e. The van der Waals surface area contributed by atoms with Crippen LogP contribution in [0.5, 0.6) is 11.5 Å². The van der Waals surface area contributed by atoms with Gasteiger partial charge in [0.05, 0.1) is 5.56 Å². The number of ether oxygens (including phenoxy) is 2. The number of carbonyl (C=O) groups excluding carboxylic acids is 2. The topological polar surface area (TPSA) is 72.8 Å². The van der Waals surface area contributed by atoms with E-state index in [0.717, 1.165) is 5.57 Å². The van der Waals surface area contributed by atoms with Gasteiger partial charge in [-0.3, -0.25) is 9.59 Å². The lowest BCUT2D eigenvalue weighted by Gasteiger charge is -2.60. The number of aromatic hydroxyl groups is 1. The maximum atomic E-state index is 13.4. The van der Waals surface area contributed by atoms with Crippen LogP contribution in [0.4, 0.5) is 0 Å². The van der Waals surface area contributed by atoms with Crippen molar-refractivity contribution in [3.05, 3.63) is 47.1 Å². The quantitative estimate of drug-likeness (QED) is 0.825. The summed E-state index contributed by atoms with van der Waals surface area (Å²) in [5, 5.41) is 9.81. The van der Waals surface area contributed by atoms with Crippen molar-refractivity contribution in [1.82, 2.24) is 0 Å². The Balaban J connectivity index is 1.99. The van der Waals surface area contributed by atoms with Crippen LogP contribution in [0.3, 0.4) is 0 Å². The van der Waals surface area contributed by atoms with Crippen molar-refractivity contribution in [2.24, 2.45) is 11.8 Å². The summed E-state index contributed by atoms with van der Waals surface area (Å²) >= 11 is 0. The summed E-state index contributed by atoms with van der Waals surface area (Å²) in [5.41, 5.74) is -0.537. The van der Waals surface area contributed by atoms with Crippen LogP contribution in [0, 0.1) is 11.8 Å². The summed E-state index contributed by atoms with van der Waals surface area (Å²) in [6.07, 6.45) is 4.71. The zero-order chi connectivity index (χ0) is 19.6. The van der Waals surface area contributed by atoms with Crippen LogP contribution < -0.4 is 4.74 Å². The van der Waals surface area contributed by atoms with Crippen molar-refractivity contribution in [1.29, 1.82) is 0 Å². The van der Waals surface area contributed by atoms with Crippen LogP contribution in [0.25, 0.3) is 0 Å². The molecule has 27 heavy (non-hydrogen) atoms. The van der Waals surface area contributed by atoms with Crippen molar-refractivity contribution < 1.29 is 24.2 Å². The van der Waals surface area contributed by atoms with Crippen LogP contribution in [0.2, 0.25) is 0 Å². The Morgan fingerprint density at radius 1 is 1.37 bits per heavy atom. The van der Waals surface area contributed by atoms with Gasteiger partial charge in [-0.2, -0.15) is 0 Å². The molecule has 1 fully saturated rings. The molecule has 4 atom stereocenters. The molecule has 4 aliphatic rings. The fraction of sp³-hybridized carbons (Fsp3) is 0.455. The van der Waals surface area contributed by atoms with Gasteiger partial charge < -0.3 is 14.6 Å². The van der Waals surface area contributed by atoms with E-state index >= 15 is 0 Å². The molecule has 0 saturated heterocycles. The molecule has 1 spiro atoms. The van der Waals surface area contributed by atoms with E-state index < -0.39 is 11.2 Å². The number of ketones is 2. The summed E-state index contributed by atoms with van der Waals surface area (Å²) in [7, 11) is 1.52. The monoisotopic (exact) mass is 368 g/mol. The first kappa shape index (κ1) is 18.0. The summed E-state index contributed by atoms with van der Waals surface area (Å²) in [4.78, 5) is 26.7. The number of carbonyl (C=O) groups is 2. The van der Waals surface area contributed by atoms with E-state index in [1.165, 1.54) is 19.2 Å². The van der Waals surface area contributed by atoms with Gasteiger partial charge >= 0.3 is 0 Å². The second kappa shape index (κ2) is 5.80. The summed E-state index contributed by atoms with van der Waals surface area (Å²) in [6.45, 7) is 5.96. The predicted octanol–water partition coefficient (Wildman–Crippen LogP) is 3.61. The van der Waals surface area contributed by atoms with Gasteiger partial charge in [0.1, 0.15) is 11.5 Å². The van der Waals surface area contributed by atoms with Gasteiger partial charge in [-0.1, -0.05) is 24.6 Å². The molecule has 1 aromatic carbocycles. The van der Waals surface area contributed by atoms with Gasteiger partial charge in [0.25, 0.3) is 0 Å². The van der Waals surface area contributed by atoms with Gasteiger partial charge in [0, 0.05) is 30.9 Å². The molecular weight excluding hydrogens is 344 g/mol. The Morgan fingerprint density at radius 3 is 2.78 bits per heavy atom. The van der Waals surface area contributed by atoms with E-state index in [-0.39, 0.29) is 29.2 Å². The fourth-order valence-electron chi connectivity index (χ4n) is 5.01. The standard InChI is InChI=1S/C22H24O5/c1-12(2)7-8-21(26-4)20(25)14-9-13(3)22(21)17(10-14)19(24)16-11-15(23)5-6-18(16)27-22/h5-7,10-11,13-14,23H,8-9H2,1-4H3. The van der Waals surface area contributed by atoms with Crippen LogP contribution in [0.15, 0.2) is 41.5 Å². The maximum absolute atomic E-state index is 13.4. The first-order valence-corrected chi connectivity index (χ1v) is 9.28. The van der Waals surface area contributed by atoms with Gasteiger partial charge in [0.2, 0.25) is 0 Å². The molecule has 4 unspecified atom stereocenters. The van der Waals surface area contributed by atoms with E-state index in [1.54, 1.807) is 12.1 Å². The first-order valence-electron chi connectivity index (χ1n) is 9.28. The Labute approximate surface area is 158 Å². The smallest absolute Gasteiger partial charge is 0.196 e. The molecule has 3 aliphatic carbocycles. The second-order valence-electron chi connectivity index (χ2n) is 8.05. The van der Waals surface area contributed by atoms with E-state index in [2.05, 4.69) is 0 Å². The lowest BCUT2D eigenvalue weighted by atomic mass is 9.51. The second-order valence-corrected chi connectivity index (χ2v) is 8.05. The molecule has 5 nitrogen and oxygen atoms in total. The van der Waals surface area contributed by atoms with Crippen molar-refractivity contribution >= 4 is 11.6 Å². The highest BCUT2D eigenvalue weighted by Crippen LogP contribution is 2.59. The average Bonchev–Trinajstić information content (AvgIpc) is 2.63. The Kier molecular flexibility index (Phi) is 3.86. The molecule has 1 N–H and O–H groups in total. The number of phenolic OH excluding ortho intramolecular Hbond substituents is 1. The zero-order valence-electron chi connectivity index (χ0n) is 16.0. The third-order valence-electron chi connectivity index (χ3n) is 6.27. The number of methoxy groups -OCH3 is 1. The predicted molar refractivity (Wildman–Crippen MR) is 99.9 cm³/mol. The van der Waals surface area contributed by atoms with Gasteiger partial charge in [-0.15, -0.1) is 0 Å². The molecule has 142 valence electrons. The van der Waals surface area contributed by atoms with Gasteiger partial charge in [0.15, 0.2) is 22.8 Å². The Morgan fingerprint density at radius 2 is 2.11 bits per heavy atom. The molecule has 1 saturated carbocycles. The summed E-state index contributed by atoms with van der Waals surface area (Å²) in [5.74, 6) is -0.275. The highest BCUT2D eigenvalue weighted by atomic mass is 16.6. The number of hydrogen-bond acceptors (Lipinski definition) is 5. The van der Waals surface area contributed by atoms with Crippen LogP contribution in [-0.2, 0) is 9.53 Å². The number of Topliss-reactive ketones (excluding diaryl/α,β-unsaturated/α-hetero) is 2. The summed E-state index contributed by atoms with van der Waals surface area (Å²) < 4.78 is 12.4. The van der Waals surface area contributed by atoms with Crippen LogP contribution in [-0.4, -0.2) is 35.0 Å². The molecule has 0 radical (unpaired) electrons. The minimum atomic E-state index is -1.25. The highest BCUT2D eigenvalue weighted by Gasteiger charge is 2.72. The van der Waals surface area contributed by atoms with E-state index in [9.17, 15) is 14.7 Å². The van der Waals surface area contributed by atoms with Crippen LogP contribution in [0.1, 0.15) is 44.0 Å². The van der Waals surface area contributed by atoms with Gasteiger partial charge in [-0.25, -0.2) is 0 Å². The normalized spacial score (nSPS) is 33.7. The first-order chi connectivity index (χ1) is 12.8. The highest BCUT2D eigenvalue weighted by molar-refractivity contribution is 6.16. The van der Waals surface area contributed by atoms with Crippen molar-refractivity contribution in [2.75, 3.05) is 7.11 Å². The molecular formula is C22H24O5.